The molecule has 3 aliphatic rings. The topological polar surface area (TPSA) is 106 Å². The molecule has 0 unspecified atom stereocenters. The van der Waals surface area contributed by atoms with Crippen LogP contribution in [0.2, 0.25) is 0 Å². The van der Waals surface area contributed by atoms with Gasteiger partial charge in [0.05, 0.1) is 0 Å². The van der Waals surface area contributed by atoms with E-state index in [1.807, 2.05) is 17.0 Å². The van der Waals surface area contributed by atoms with Crippen molar-refractivity contribution in [3.05, 3.63) is 58.9 Å². The Labute approximate surface area is 242 Å². The van der Waals surface area contributed by atoms with Crippen molar-refractivity contribution in [2.75, 3.05) is 32.7 Å². The minimum atomic E-state index is -0.413. The third kappa shape index (κ3) is 7.98. The monoisotopic (exact) mass is 566 g/mol. The third-order valence-corrected chi connectivity index (χ3v) is 8.43. The number of carbonyl (C=O) groups excluding carboxylic acids is 2. The molecular formula is C32H43FN4O4. The van der Waals surface area contributed by atoms with E-state index in [0.29, 0.717) is 48.7 Å². The van der Waals surface area contributed by atoms with Gasteiger partial charge >= 0.3 is 0 Å². The SMILES string of the molecule is NCCC(=O)NCc1cc(F)cc(OC2CCN(C(=O)c3ccc(O[C@H]4CCNC4)c(C4CCCCC4)c3)CC2)c1. The van der Waals surface area contributed by atoms with E-state index in [1.54, 1.807) is 6.07 Å². The molecule has 5 rings (SSSR count). The first-order chi connectivity index (χ1) is 20.0. The number of hydrogen-bond donors (Lipinski definition) is 3. The lowest BCUT2D eigenvalue weighted by Crippen LogP contribution is -2.41. The molecule has 41 heavy (non-hydrogen) atoms. The fraction of sp³-hybridized carbons (Fsp3) is 0.562. The van der Waals surface area contributed by atoms with Gasteiger partial charge in [-0.3, -0.25) is 9.59 Å². The van der Waals surface area contributed by atoms with Gasteiger partial charge in [-0.1, -0.05) is 19.3 Å². The van der Waals surface area contributed by atoms with Gasteiger partial charge in [0.15, 0.2) is 0 Å². The summed E-state index contributed by atoms with van der Waals surface area (Å²) in [5.41, 5.74) is 7.94. The van der Waals surface area contributed by atoms with Crippen LogP contribution in [0.5, 0.6) is 11.5 Å². The summed E-state index contributed by atoms with van der Waals surface area (Å²) in [6, 6.07) is 10.5. The smallest absolute Gasteiger partial charge is 0.253 e. The molecule has 2 heterocycles. The largest absolute Gasteiger partial charge is 0.490 e. The Morgan fingerprint density at radius 1 is 0.976 bits per heavy atom. The number of benzene rings is 2. The number of piperidine rings is 1. The quantitative estimate of drug-likeness (QED) is 0.397. The molecule has 222 valence electrons. The highest BCUT2D eigenvalue weighted by Gasteiger charge is 2.28. The highest BCUT2D eigenvalue weighted by Crippen LogP contribution is 2.39. The minimum Gasteiger partial charge on any atom is -0.490 e. The number of rotatable bonds is 10. The zero-order chi connectivity index (χ0) is 28.6. The number of halogens is 1. The van der Waals surface area contributed by atoms with E-state index in [0.717, 1.165) is 38.1 Å². The first-order valence-corrected chi connectivity index (χ1v) is 15.2. The molecule has 0 radical (unpaired) electrons. The number of nitrogens with two attached hydrogens (primary N) is 1. The van der Waals surface area contributed by atoms with E-state index in [2.05, 4.69) is 16.7 Å². The van der Waals surface area contributed by atoms with Crippen LogP contribution in [0, 0.1) is 5.82 Å². The molecule has 2 aromatic rings. The van der Waals surface area contributed by atoms with Crippen LogP contribution in [0.3, 0.4) is 0 Å². The predicted octanol–water partition coefficient (Wildman–Crippen LogP) is 4.26. The van der Waals surface area contributed by atoms with Gasteiger partial charge in [-0.25, -0.2) is 4.39 Å². The summed E-state index contributed by atoms with van der Waals surface area (Å²) in [5, 5.41) is 6.11. The van der Waals surface area contributed by atoms with Gasteiger partial charge in [0.25, 0.3) is 5.91 Å². The maximum absolute atomic E-state index is 14.2. The first kappa shape index (κ1) is 29.3. The summed E-state index contributed by atoms with van der Waals surface area (Å²) < 4.78 is 26.8. The second-order valence-electron chi connectivity index (χ2n) is 11.5. The van der Waals surface area contributed by atoms with Crippen molar-refractivity contribution in [3.8, 4) is 11.5 Å². The van der Waals surface area contributed by atoms with Crippen LogP contribution in [0.1, 0.15) is 85.2 Å². The molecule has 2 aromatic carbocycles. The highest BCUT2D eigenvalue weighted by atomic mass is 19.1. The van der Waals surface area contributed by atoms with Crippen molar-refractivity contribution in [2.45, 2.75) is 82.5 Å². The summed E-state index contributed by atoms with van der Waals surface area (Å²) >= 11 is 0. The molecule has 1 aliphatic carbocycles. The Morgan fingerprint density at radius 2 is 1.78 bits per heavy atom. The number of nitrogens with one attached hydrogen (secondary N) is 2. The molecular weight excluding hydrogens is 523 g/mol. The molecule has 0 spiro atoms. The predicted molar refractivity (Wildman–Crippen MR) is 156 cm³/mol. The molecule has 1 saturated carbocycles. The van der Waals surface area contributed by atoms with Crippen LogP contribution >= 0.6 is 0 Å². The molecule has 2 saturated heterocycles. The Bertz CT molecular complexity index is 1190. The van der Waals surface area contributed by atoms with Gasteiger partial charge in [0.2, 0.25) is 5.91 Å². The van der Waals surface area contributed by atoms with Gasteiger partial charge < -0.3 is 30.7 Å². The highest BCUT2D eigenvalue weighted by molar-refractivity contribution is 5.94. The molecule has 2 aliphatic heterocycles. The molecule has 8 nitrogen and oxygen atoms in total. The summed E-state index contributed by atoms with van der Waals surface area (Å²) in [4.78, 5) is 27.2. The summed E-state index contributed by atoms with van der Waals surface area (Å²) in [5.74, 6) is 1.26. The average molecular weight is 567 g/mol. The van der Waals surface area contributed by atoms with Crippen molar-refractivity contribution < 1.29 is 23.5 Å². The number of ether oxygens (including phenoxy) is 2. The van der Waals surface area contributed by atoms with Crippen LogP contribution in [0.15, 0.2) is 36.4 Å². The standard InChI is InChI=1S/C32H43FN4O4/c33-25-16-22(20-36-31(38)8-12-34)17-28(19-25)40-26-10-14-37(15-11-26)32(39)24-6-7-30(41-27-9-13-35-21-27)29(18-24)23-4-2-1-3-5-23/h6-7,16-19,23,26-27,35H,1-5,8-15,20-21,34H2,(H,36,38)/t27-/m0/s1. The van der Waals surface area contributed by atoms with Gasteiger partial charge in [-0.05, 0) is 73.2 Å². The van der Waals surface area contributed by atoms with Crippen LogP contribution < -0.4 is 25.8 Å². The van der Waals surface area contributed by atoms with Gasteiger partial charge in [-0.15, -0.1) is 0 Å². The third-order valence-electron chi connectivity index (χ3n) is 8.43. The lowest BCUT2D eigenvalue weighted by Gasteiger charge is -2.33. The molecule has 9 heteroatoms. The summed E-state index contributed by atoms with van der Waals surface area (Å²) in [7, 11) is 0. The van der Waals surface area contributed by atoms with Crippen molar-refractivity contribution in [1.29, 1.82) is 0 Å². The van der Waals surface area contributed by atoms with Gasteiger partial charge in [0, 0.05) is 63.6 Å². The zero-order valence-electron chi connectivity index (χ0n) is 23.8. The maximum Gasteiger partial charge on any atom is 0.253 e. The Balaban J connectivity index is 1.19. The van der Waals surface area contributed by atoms with E-state index in [1.165, 1.54) is 37.0 Å². The number of nitrogens with zero attached hydrogens (tertiary/aromatic N) is 1. The van der Waals surface area contributed by atoms with Gasteiger partial charge in [0.1, 0.15) is 29.5 Å². The Kier molecular flexibility index (Phi) is 10.1. The number of likely N-dealkylation sites (tertiary alicyclic amines) is 1. The van der Waals surface area contributed by atoms with Crippen molar-refractivity contribution >= 4 is 11.8 Å². The average Bonchev–Trinajstić information content (AvgIpc) is 3.50. The van der Waals surface area contributed by atoms with Crippen LogP contribution in [-0.2, 0) is 11.3 Å². The molecule has 0 aromatic heterocycles. The molecule has 2 amide bonds. The second kappa shape index (κ2) is 14.1. The summed E-state index contributed by atoms with van der Waals surface area (Å²) in [6.07, 6.45) is 8.62. The van der Waals surface area contributed by atoms with Crippen molar-refractivity contribution in [2.24, 2.45) is 5.73 Å². The van der Waals surface area contributed by atoms with Gasteiger partial charge in [-0.2, -0.15) is 0 Å². The number of hydrogen-bond acceptors (Lipinski definition) is 6. The van der Waals surface area contributed by atoms with Crippen LogP contribution in [0.25, 0.3) is 0 Å². The van der Waals surface area contributed by atoms with Crippen LogP contribution in [-0.4, -0.2) is 61.6 Å². The van der Waals surface area contributed by atoms with E-state index in [-0.39, 0.29) is 43.5 Å². The first-order valence-electron chi connectivity index (χ1n) is 15.2. The van der Waals surface area contributed by atoms with Crippen molar-refractivity contribution in [3.63, 3.8) is 0 Å². The Hall–Kier alpha value is -3.17. The molecule has 3 fully saturated rings. The maximum atomic E-state index is 14.2. The molecule has 1 atom stereocenters. The van der Waals surface area contributed by atoms with Crippen LogP contribution in [0.4, 0.5) is 4.39 Å². The second-order valence-corrected chi connectivity index (χ2v) is 11.5. The molecule has 0 bridgehead atoms. The van der Waals surface area contributed by atoms with E-state index in [4.69, 9.17) is 15.2 Å². The Morgan fingerprint density at radius 3 is 2.51 bits per heavy atom. The van der Waals surface area contributed by atoms with Crippen molar-refractivity contribution in [1.82, 2.24) is 15.5 Å². The lowest BCUT2D eigenvalue weighted by molar-refractivity contribution is -0.121. The zero-order valence-corrected chi connectivity index (χ0v) is 23.8. The molecule has 4 N–H and O–H groups in total. The minimum absolute atomic E-state index is 0.0378. The normalized spacial score (nSPS) is 20.1. The number of amides is 2. The fourth-order valence-corrected chi connectivity index (χ4v) is 6.19. The fourth-order valence-electron chi connectivity index (χ4n) is 6.19. The lowest BCUT2D eigenvalue weighted by atomic mass is 9.83. The van der Waals surface area contributed by atoms with E-state index >= 15 is 0 Å². The van der Waals surface area contributed by atoms with E-state index < -0.39 is 5.82 Å². The summed E-state index contributed by atoms with van der Waals surface area (Å²) in [6.45, 7) is 3.48. The number of carbonyl (C=O) groups is 2. The van der Waals surface area contributed by atoms with E-state index in [9.17, 15) is 14.0 Å².